The SMILES string of the molecule is CC(C)CC1OC(C(C)C)C(C(C)C)C(C(C)C)C1CC(C)C.CC(C)CCN1CC(C(C)C)C(C(C)C)C(C(C)C)C1CC(C)C.CC(C)OCCN1CC(OC(C)C)C(OC(C)C)C(OC(C)C)C1OC(C)C.CCCCCCCCCCCCCCC(C(C)C)C(C(C)C)C(CC(C)C)N(C(C)C)C(C)C.CCCCCCCCCCCCCCC(OC(C)C)C(OC(C)C)C(COC(C)C)N(C(C)C)C(C)C. The molecule has 13 heteroatoms. The summed E-state index contributed by atoms with van der Waals surface area (Å²) in [4.78, 5) is 10.6. The average Bonchev–Trinajstić information content (AvgIpc) is 0.778. The molecule has 0 aromatic heterocycles. The van der Waals surface area contributed by atoms with E-state index in [9.17, 15) is 0 Å². The molecule has 19 atom stereocenters. The first-order valence-electron chi connectivity index (χ1n) is 64.0. The molecule has 0 bridgehead atoms. The zero-order valence-corrected chi connectivity index (χ0v) is 109. The maximum atomic E-state index is 6.83. The Labute approximate surface area is 919 Å². The van der Waals surface area contributed by atoms with E-state index in [0.717, 1.165) is 126 Å². The normalized spacial score (nSPS) is 22.7. The lowest BCUT2D eigenvalue weighted by atomic mass is 9.61. The number of nitrogens with zero attached hydrogens (tertiary/aromatic N) is 4. The van der Waals surface area contributed by atoms with E-state index in [1.54, 1.807) is 0 Å². The summed E-state index contributed by atoms with van der Waals surface area (Å²) < 4.78 is 57.5. The fourth-order valence-corrected chi connectivity index (χ4v) is 26.1. The van der Waals surface area contributed by atoms with Gasteiger partial charge in [-0.05, 0) is 342 Å². The number of ether oxygens (including phenoxy) is 9. The zero-order valence-electron chi connectivity index (χ0n) is 109. The molecule has 3 aliphatic rings. The predicted molar refractivity (Wildman–Crippen MR) is 645 cm³/mol. The highest BCUT2D eigenvalue weighted by Crippen LogP contribution is 2.51. The van der Waals surface area contributed by atoms with Crippen LogP contribution in [0.4, 0.5) is 0 Å². The molecule has 0 aliphatic carbocycles. The number of hydrogen-bond donors (Lipinski definition) is 0. The van der Waals surface area contributed by atoms with Crippen molar-refractivity contribution in [1.29, 1.82) is 0 Å². The van der Waals surface area contributed by atoms with E-state index < -0.39 is 0 Å². The van der Waals surface area contributed by atoms with Gasteiger partial charge in [0, 0.05) is 55.9 Å². The van der Waals surface area contributed by atoms with Crippen LogP contribution in [0.5, 0.6) is 0 Å². The zero-order chi connectivity index (χ0) is 112. The topological polar surface area (TPSA) is 96.0 Å². The molecule has 0 N–H and O–H groups in total. The third-order valence-electron chi connectivity index (χ3n) is 31.8. The van der Waals surface area contributed by atoms with Crippen LogP contribution in [0.3, 0.4) is 0 Å². The van der Waals surface area contributed by atoms with Crippen molar-refractivity contribution in [2.24, 2.45) is 124 Å². The van der Waals surface area contributed by atoms with Gasteiger partial charge >= 0.3 is 0 Å². The van der Waals surface area contributed by atoms with Gasteiger partial charge in [0.1, 0.15) is 24.5 Å². The van der Waals surface area contributed by atoms with Crippen LogP contribution >= 0.6 is 0 Å². The summed E-state index contributed by atoms with van der Waals surface area (Å²) in [7, 11) is 0. The number of likely N-dealkylation sites (tertiary alicyclic amines) is 2. The van der Waals surface area contributed by atoms with Gasteiger partial charge in [-0.25, -0.2) is 0 Å². The molecule has 13 nitrogen and oxygen atoms in total. The number of piperidine rings is 2. The first-order valence-corrected chi connectivity index (χ1v) is 64.0. The highest BCUT2D eigenvalue weighted by Gasteiger charge is 2.52. The number of unbranched alkanes of at least 4 members (excludes halogenated alkanes) is 22. The molecule has 3 heterocycles. The van der Waals surface area contributed by atoms with E-state index in [2.05, 4.69) is 380 Å². The van der Waals surface area contributed by atoms with Crippen LogP contribution in [0.25, 0.3) is 0 Å². The minimum atomic E-state index is -0.235. The quantitative estimate of drug-likeness (QED) is 0.0541. The maximum absolute atomic E-state index is 6.83. The third-order valence-corrected chi connectivity index (χ3v) is 31.8. The molecule has 0 aromatic rings. The summed E-state index contributed by atoms with van der Waals surface area (Å²) in [6, 6.07) is 3.69. The summed E-state index contributed by atoms with van der Waals surface area (Å²) in [6.07, 6.45) is 44.2. The minimum absolute atomic E-state index is 0.0151. The van der Waals surface area contributed by atoms with Crippen LogP contribution in [0.15, 0.2) is 0 Å². The van der Waals surface area contributed by atoms with E-state index in [0.29, 0.717) is 79.3 Å². The van der Waals surface area contributed by atoms with Gasteiger partial charge in [-0.1, -0.05) is 348 Å². The lowest BCUT2D eigenvalue weighted by molar-refractivity contribution is -0.271. The maximum Gasteiger partial charge on any atom is 0.140 e. The predicted octanol–water partition coefficient (Wildman–Crippen LogP) is 37.8. The molecule has 0 spiro atoms. The minimum Gasteiger partial charge on any atom is -0.377 e. The first-order chi connectivity index (χ1) is 68.2. The van der Waals surface area contributed by atoms with Gasteiger partial charge < -0.3 is 42.6 Å². The van der Waals surface area contributed by atoms with Gasteiger partial charge in [0.25, 0.3) is 0 Å². The van der Waals surface area contributed by atoms with Crippen LogP contribution in [-0.4, -0.2) is 199 Å². The highest BCUT2D eigenvalue weighted by atomic mass is 16.6. The number of rotatable bonds is 74. The summed E-state index contributed by atoms with van der Waals surface area (Å²) >= 11 is 0. The van der Waals surface area contributed by atoms with Crippen molar-refractivity contribution in [2.45, 2.75) is 699 Å². The largest absolute Gasteiger partial charge is 0.377 e. The standard InChI is InChI=1S/C33H69NO3.C33H69N.C23H47N.C22H45NO5.C22H44O/c1-12-13-14-15-16-17-18-19-20-21-22-23-24-32(36-29(8)9)33(37-30(10)11)31(25-35-28(6)7)34(26(2)3)27(4)5;1-12-13-14-15-16-17-18-19-20-21-22-23-24-31(27(4)5)33(28(6)7)32(25-26(2)3)34(29(8)9)30(10)11;1-15(2)11-12-24-14-20(17(5)6)22(18(7)8)23(19(9)10)21(24)13-16(3)4;1-14(2)24-12-11-23-13-19(25-15(3)4)20(26-16(5)6)21(27-17(7)8)22(23)28-18(9)10;1-13(2)11-18-19(12-14(3)4)23-22(17(9)10)21(16(7)8)20(18)15(5)6/h26-33H,12-25H2,1-11H3;26-33H,12-25H2,1-11H3;15-23H,11-14H2,1-10H3;14-22H,11-13H2,1-10H3;13-22H,11-12H2,1-10H3. The Kier molecular flexibility index (Phi) is 83.7. The molecule has 0 aromatic carbocycles. The fourth-order valence-electron chi connectivity index (χ4n) is 26.1. The second-order valence-electron chi connectivity index (χ2n) is 55.3. The summed E-state index contributed by atoms with van der Waals surface area (Å²) in [5, 5.41) is 0. The van der Waals surface area contributed by atoms with Crippen LogP contribution in [0.2, 0.25) is 0 Å². The Morgan fingerprint density at radius 2 is 0.712 bits per heavy atom. The Morgan fingerprint density at radius 3 is 1.06 bits per heavy atom. The molecule has 0 radical (unpaired) electrons. The van der Waals surface area contributed by atoms with Gasteiger partial charge in [0.2, 0.25) is 0 Å². The van der Waals surface area contributed by atoms with E-state index in [1.165, 1.54) is 206 Å². The smallest absolute Gasteiger partial charge is 0.140 e. The van der Waals surface area contributed by atoms with E-state index >= 15 is 0 Å². The highest BCUT2D eigenvalue weighted by molar-refractivity contribution is 5.01. The second kappa shape index (κ2) is 82.8. The summed E-state index contributed by atoms with van der Waals surface area (Å²) in [5.41, 5.74) is 0. The van der Waals surface area contributed by atoms with Crippen LogP contribution in [-0.2, 0) is 42.6 Å². The van der Waals surface area contributed by atoms with Crippen molar-refractivity contribution in [3.63, 3.8) is 0 Å². The fraction of sp³-hybridized carbons (Fsp3) is 1.00. The molecule has 3 fully saturated rings. The van der Waals surface area contributed by atoms with Crippen molar-refractivity contribution in [1.82, 2.24) is 19.6 Å². The van der Waals surface area contributed by atoms with Gasteiger partial charge in [0.15, 0.2) is 0 Å². The molecule has 3 saturated heterocycles. The molecule has 146 heavy (non-hydrogen) atoms. The van der Waals surface area contributed by atoms with Crippen molar-refractivity contribution in [3.8, 4) is 0 Å². The van der Waals surface area contributed by atoms with E-state index in [4.69, 9.17) is 42.6 Å². The van der Waals surface area contributed by atoms with Crippen LogP contribution in [0.1, 0.15) is 559 Å². The molecular formula is C133H274N4O9. The molecule has 880 valence electrons. The second-order valence-corrected chi connectivity index (χ2v) is 55.3. The molecule has 0 amide bonds. The lowest BCUT2D eigenvalue weighted by Crippen LogP contribution is -2.66. The van der Waals surface area contributed by atoms with Crippen molar-refractivity contribution in [3.05, 3.63) is 0 Å². The van der Waals surface area contributed by atoms with Gasteiger partial charge in [-0.3, -0.25) is 19.6 Å². The molecular weight excluding hydrogens is 1800 g/mol. The van der Waals surface area contributed by atoms with Crippen molar-refractivity contribution < 1.29 is 42.6 Å². The average molecular weight is 2070 g/mol. The Bertz CT molecular complexity index is 2890. The monoisotopic (exact) mass is 2070 g/mol. The summed E-state index contributed by atoms with van der Waals surface area (Å²) in [5.74, 6) is 16.2. The van der Waals surface area contributed by atoms with Crippen molar-refractivity contribution >= 4 is 0 Å². The Hall–Kier alpha value is -0.520. The van der Waals surface area contributed by atoms with E-state index in [-0.39, 0.29) is 91.6 Å². The molecule has 3 rings (SSSR count). The van der Waals surface area contributed by atoms with Gasteiger partial charge in [-0.15, -0.1) is 0 Å². The molecule has 19 unspecified atom stereocenters. The number of hydrogen-bond acceptors (Lipinski definition) is 13. The van der Waals surface area contributed by atoms with E-state index in [1.807, 2.05) is 0 Å². The Balaban J connectivity index is 0. The van der Waals surface area contributed by atoms with Gasteiger partial charge in [-0.2, -0.15) is 0 Å². The van der Waals surface area contributed by atoms with Gasteiger partial charge in [0.05, 0.1) is 92.5 Å². The van der Waals surface area contributed by atoms with Crippen molar-refractivity contribution in [2.75, 3.05) is 39.4 Å². The van der Waals surface area contributed by atoms with Crippen LogP contribution < -0.4 is 0 Å². The van der Waals surface area contributed by atoms with Crippen LogP contribution in [0, 0.1) is 124 Å². The third kappa shape index (κ3) is 62.7. The molecule has 0 saturated carbocycles. The summed E-state index contributed by atoms with van der Waals surface area (Å²) in [6.45, 7) is 125. The lowest BCUT2D eigenvalue weighted by Gasteiger charge is -2.54. The Morgan fingerprint density at radius 1 is 0.308 bits per heavy atom. The first kappa shape index (κ1) is 148. The molecule has 3 aliphatic heterocycles.